The standard InChI is InChI=1S/C29H23NO4S/c1-33-25-13-7-12-24(27(25)34-19-20-8-3-2-4-9-20)17-26-28(31)30(29(32)35-26)18-21-14-15-22-10-5-6-11-23(22)16-21/h2-17H,18-19H2,1H3/b26-17-. The Labute approximate surface area is 208 Å². The fourth-order valence-corrected chi connectivity index (χ4v) is 4.82. The van der Waals surface area contributed by atoms with Crippen molar-refractivity contribution in [3.8, 4) is 11.5 Å². The van der Waals surface area contributed by atoms with Crippen molar-refractivity contribution >= 4 is 39.8 Å². The average molecular weight is 482 g/mol. The summed E-state index contributed by atoms with van der Waals surface area (Å²) in [6.07, 6.45) is 1.70. The number of amides is 2. The number of carbonyl (C=O) groups is 2. The molecule has 5 nitrogen and oxygen atoms in total. The Hall–Kier alpha value is -4.03. The second-order valence-electron chi connectivity index (χ2n) is 8.10. The highest BCUT2D eigenvalue weighted by molar-refractivity contribution is 8.18. The van der Waals surface area contributed by atoms with Gasteiger partial charge in [0.2, 0.25) is 0 Å². The predicted molar refractivity (Wildman–Crippen MR) is 139 cm³/mol. The van der Waals surface area contributed by atoms with Crippen molar-refractivity contribution in [1.82, 2.24) is 4.90 Å². The van der Waals surface area contributed by atoms with Crippen molar-refractivity contribution in [2.24, 2.45) is 0 Å². The van der Waals surface area contributed by atoms with Gasteiger partial charge in [-0.3, -0.25) is 14.5 Å². The lowest BCUT2D eigenvalue weighted by Gasteiger charge is -2.14. The van der Waals surface area contributed by atoms with Crippen LogP contribution < -0.4 is 9.47 Å². The fourth-order valence-electron chi connectivity index (χ4n) is 3.99. The van der Waals surface area contributed by atoms with E-state index in [9.17, 15) is 9.59 Å². The first-order valence-electron chi connectivity index (χ1n) is 11.2. The number of benzene rings is 4. The lowest BCUT2D eigenvalue weighted by Crippen LogP contribution is -2.27. The summed E-state index contributed by atoms with van der Waals surface area (Å²) in [4.78, 5) is 27.6. The molecule has 1 saturated heterocycles. The van der Waals surface area contributed by atoms with E-state index in [-0.39, 0.29) is 17.7 Å². The molecule has 6 heteroatoms. The Balaban J connectivity index is 1.39. The second-order valence-corrected chi connectivity index (χ2v) is 9.10. The van der Waals surface area contributed by atoms with Crippen LogP contribution in [0, 0.1) is 0 Å². The Morgan fingerprint density at radius 3 is 2.40 bits per heavy atom. The molecule has 4 aromatic carbocycles. The molecular formula is C29H23NO4S. The minimum Gasteiger partial charge on any atom is -0.493 e. The Kier molecular flexibility index (Phi) is 6.55. The fraction of sp³-hybridized carbons (Fsp3) is 0.103. The van der Waals surface area contributed by atoms with E-state index < -0.39 is 0 Å². The molecule has 1 fully saturated rings. The van der Waals surface area contributed by atoms with Gasteiger partial charge in [-0.05, 0) is 51.9 Å². The molecule has 35 heavy (non-hydrogen) atoms. The van der Waals surface area contributed by atoms with E-state index in [1.807, 2.05) is 91.0 Å². The molecular weight excluding hydrogens is 458 g/mol. The largest absolute Gasteiger partial charge is 0.493 e. The highest BCUT2D eigenvalue weighted by Gasteiger charge is 2.35. The third-order valence-electron chi connectivity index (χ3n) is 5.77. The van der Waals surface area contributed by atoms with E-state index in [2.05, 4.69) is 0 Å². The molecule has 0 saturated carbocycles. The van der Waals surface area contributed by atoms with Crippen LogP contribution in [-0.4, -0.2) is 23.2 Å². The first kappa shape index (κ1) is 22.7. The summed E-state index contributed by atoms with van der Waals surface area (Å²) in [5.74, 6) is 0.773. The van der Waals surface area contributed by atoms with Gasteiger partial charge in [0.1, 0.15) is 6.61 Å². The Morgan fingerprint density at radius 2 is 1.60 bits per heavy atom. The van der Waals surface area contributed by atoms with E-state index in [1.165, 1.54) is 4.90 Å². The summed E-state index contributed by atoms with van der Waals surface area (Å²) in [7, 11) is 1.58. The maximum Gasteiger partial charge on any atom is 0.293 e. The second kappa shape index (κ2) is 10.1. The van der Waals surface area contributed by atoms with Crippen molar-refractivity contribution in [1.29, 1.82) is 0 Å². The average Bonchev–Trinajstić information content (AvgIpc) is 3.15. The maximum absolute atomic E-state index is 13.2. The zero-order chi connectivity index (χ0) is 24.2. The van der Waals surface area contributed by atoms with Gasteiger partial charge in [0.05, 0.1) is 18.6 Å². The van der Waals surface area contributed by atoms with Crippen molar-refractivity contribution in [3.05, 3.63) is 113 Å². The molecule has 0 N–H and O–H groups in total. The van der Waals surface area contributed by atoms with Crippen molar-refractivity contribution < 1.29 is 19.1 Å². The van der Waals surface area contributed by atoms with Crippen LogP contribution >= 0.6 is 11.8 Å². The number of hydrogen-bond acceptors (Lipinski definition) is 5. The summed E-state index contributed by atoms with van der Waals surface area (Å²) in [5, 5.41) is 1.90. The van der Waals surface area contributed by atoms with Crippen molar-refractivity contribution in [2.75, 3.05) is 7.11 Å². The lowest BCUT2D eigenvalue weighted by atomic mass is 10.1. The van der Waals surface area contributed by atoms with E-state index in [0.29, 0.717) is 28.6 Å². The molecule has 4 aromatic rings. The highest BCUT2D eigenvalue weighted by Crippen LogP contribution is 2.38. The minimum atomic E-state index is -0.315. The van der Waals surface area contributed by atoms with Gasteiger partial charge in [-0.2, -0.15) is 0 Å². The van der Waals surface area contributed by atoms with Crippen LogP contribution in [0.5, 0.6) is 11.5 Å². The van der Waals surface area contributed by atoms with Crippen LogP contribution in [-0.2, 0) is 17.9 Å². The number of ether oxygens (including phenoxy) is 2. The topological polar surface area (TPSA) is 55.8 Å². The number of fused-ring (bicyclic) bond motifs is 1. The number of thioether (sulfide) groups is 1. The smallest absolute Gasteiger partial charge is 0.293 e. The number of para-hydroxylation sites is 1. The third-order valence-corrected chi connectivity index (χ3v) is 6.68. The molecule has 5 rings (SSSR count). The molecule has 1 aliphatic heterocycles. The van der Waals surface area contributed by atoms with E-state index >= 15 is 0 Å². The van der Waals surface area contributed by atoms with Crippen molar-refractivity contribution in [2.45, 2.75) is 13.2 Å². The summed E-state index contributed by atoms with van der Waals surface area (Å²) in [6, 6.07) is 29.3. The number of nitrogens with zero attached hydrogens (tertiary/aromatic N) is 1. The van der Waals surface area contributed by atoms with Crippen LogP contribution in [0.25, 0.3) is 16.8 Å². The van der Waals surface area contributed by atoms with Gasteiger partial charge in [0.25, 0.3) is 11.1 Å². The van der Waals surface area contributed by atoms with Crippen LogP contribution in [0.1, 0.15) is 16.7 Å². The van der Waals surface area contributed by atoms with Gasteiger partial charge in [0.15, 0.2) is 11.5 Å². The third kappa shape index (κ3) is 4.93. The molecule has 2 amide bonds. The van der Waals surface area contributed by atoms with Gasteiger partial charge >= 0.3 is 0 Å². The van der Waals surface area contributed by atoms with Crippen LogP contribution in [0.4, 0.5) is 4.79 Å². The van der Waals surface area contributed by atoms with E-state index in [1.54, 1.807) is 13.2 Å². The number of carbonyl (C=O) groups excluding carboxylic acids is 2. The van der Waals surface area contributed by atoms with E-state index in [4.69, 9.17) is 9.47 Å². The Morgan fingerprint density at radius 1 is 0.829 bits per heavy atom. The quantitative estimate of drug-likeness (QED) is 0.276. The molecule has 0 radical (unpaired) electrons. The van der Waals surface area contributed by atoms with Gasteiger partial charge in [-0.15, -0.1) is 0 Å². The molecule has 0 spiro atoms. The lowest BCUT2D eigenvalue weighted by molar-refractivity contribution is -0.123. The molecule has 0 aliphatic carbocycles. The summed E-state index contributed by atoms with van der Waals surface area (Å²) < 4.78 is 11.6. The van der Waals surface area contributed by atoms with Gasteiger partial charge in [0, 0.05) is 5.56 Å². The first-order valence-corrected chi connectivity index (χ1v) is 12.0. The SMILES string of the molecule is COc1cccc(/C=C2\SC(=O)N(Cc3ccc4ccccc4c3)C2=O)c1OCc1ccccc1. The molecule has 1 aliphatic rings. The number of hydrogen-bond donors (Lipinski definition) is 0. The Bertz CT molecular complexity index is 1430. The highest BCUT2D eigenvalue weighted by atomic mass is 32.2. The molecule has 0 aromatic heterocycles. The minimum absolute atomic E-state index is 0.225. The molecule has 174 valence electrons. The van der Waals surface area contributed by atoms with Gasteiger partial charge < -0.3 is 9.47 Å². The maximum atomic E-state index is 13.2. The van der Waals surface area contributed by atoms with Gasteiger partial charge in [-0.1, -0.05) is 78.9 Å². The zero-order valence-corrected chi connectivity index (χ0v) is 20.0. The molecule has 0 unspecified atom stereocenters. The van der Waals surface area contributed by atoms with Crippen molar-refractivity contribution in [3.63, 3.8) is 0 Å². The zero-order valence-electron chi connectivity index (χ0n) is 19.1. The van der Waals surface area contributed by atoms with Crippen LogP contribution in [0.3, 0.4) is 0 Å². The molecule has 0 atom stereocenters. The van der Waals surface area contributed by atoms with Crippen LogP contribution in [0.15, 0.2) is 95.9 Å². The number of imide groups is 1. The van der Waals surface area contributed by atoms with Gasteiger partial charge in [-0.25, -0.2) is 0 Å². The molecule has 0 bridgehead atoms. The van der Waals surface area contributed by atoms with E-state index in [0.717, 1.165) is 33.7 Å². The normalized spacial score (nSPS) is 14.7. The first-order chi connectivity index (χ1) is 17.1. The summed E-state index contributed by atoms with van der Waals surface area (Å²) in [5.41, 5.74) is 2.59. The summed E-state index contributed by atoms with van der Waals surface area (Å²) >= 11 is 0.938. The molecule has 1 heterocycles. The number of methoxy groups -OCH3 is 1. The predicted octanol–water partition coefficient (Wildman–Crippen LogP) is 6.66. The summed E-state index contributed by atoms with van der Waals surface area (Å²) in [6.45, 7) is 0.577. The van der Waals surface area contributed by atoms with Crippen LogP contribution in [0.2, 0.25) is 0 Å². The number of rotatable bonds is 7. The monoisotopic (exact) mass is 481 g/mol.